The number of hydrogen-bond acceptors (Lipinski definition) is 5. The number of aryl methyl sites for hydroxylation is 2. The molecular formula is C23H27N5O. The highest BCUT2D eigenvalue weighted by Crippen LogP contribution is 2.44. The van der Waals surface area contributed by atoms with Gasteiger partial charge in [0.25, 0.3) is 5.91 Å². The minimum absolute atomic E-state index is 0.0445. The van der Waals surface area contributed by atoms with Crippen molar-refractivity contribution >= 4 is 11.7 Å². The molecule has 4 atom stereocenters. The van der Waals surface area contributed by atoms with Crippen molar-refractivity contribution in [2.75, 3.05) is 24.5 Å². The normalized spacial score (nSPS) is 29.7. The Morgan fingerprint density at radius 1 is 1.00 bits per heavy atom. The smallest absolute Gasteiger partial charge is 0.270 e. The Bertz CT molecular complexity index is 928. The number of carbonyl (C=O) groups is 1. The van der Waals surface area contributed by atoms with Crippen LogP contribution in [0, 0.1) is 11.8 Å². The fourth-order valence-electron chi connectivity index (χ4n) is 5.95. The summed E-state index contributed by atoms with van der Waals surface area (Å²) in [6.07, 6.45) is 5.09. The number of rotatable bonds is 4. The summed E-state index contributed by atoms with van der Waals surface area (Å²) in [6.45, 7) is 2.79. The van der Waals surface area contributed by atoms with E-state index in [1.54, 1.807) is 0 Å². The molecule has 4 aliphatic heterocycles. The molecule has 6 heteroatoms. The average Bonchev–Trinajstić information content (AvgIpc) is 3.46. The van der Waals surface area contributed by atoms with Crippen LogP contribution in [0.3, 0.4) is 0 Å². The zero-order chi connectivity index (χ0) is 19.4. The van der Waals surface area contributed by atoms with E-state index in [4.69, 9.17) is 9.97 Å². The zero-order valence-corrected chi connectivity index (χ0v) is 16.6. The maximum Gasteiger partial charge on any atom is 0.270 e. The van der Waals surface area contributed by atoms with E-state index >= 15 is 0 Å². The van der Waals surface area contributed by atoms with E-state index in [2.05, 4.69) is 39.8 Å². The minimum Gasteiger partial charge on any atom is -0.356 e. The second-order valence-electron chi connectivity index (χ2n) is 8.97. The van der Waals surface area contributed by atoms with Crippen LogP contribution in [-0.2, 0) is 19.3 Å². The Kier molecular flexibility index (Phi) is 4.08. The van der Waals surface area contributed by atoms with Crippen molar-refractivity contribution in [2.24, 2.45) is 11.8 Å². The molecule has 0 aliphatic carbocycles. The van der Waals surface area contributed by atoms with Crippen LogP contribution in [0.2, 0.25) is 0 Å². The van der Waals surface area contributed by atoms with Crippen LogP contribution in [0.25, 0.3) is 0 Å². The van der Waals surface area contributed by atoms with Crippen LogP contribution in [0.1, 0.15) is 40.3 Å². The predicted molar refractivity (Wildman–Crippen MR) is 111 cm³/mol. The van der Waals surface area contributed by atoms with Crippen LogP contribution >= 0.6 is 0 Å². The van der Waals surface area contributed by atoms with Crippen LogP contribution < -0.4 is 15.5 Å². The number of hydrogen-bond donors (Lipinski definition) is 2. The molecule has 1 aromatic carbocycles. The molecule has 4 aliphatic rings. The number of nitrogens with zero attached hydrogens (tertiary/aromatic N) is 3. The van der Waals surface area contributed by atoms with Crippen molar-refractivity contribution in [3.63, 3.8) is 0 Å². The molecule has 2 N–H and O–H groups in total. The minimum atomic E-state index is -0.0445. The molecule has 2 bridgehead atoms. The second-order valence-corrected chi connectivity index (χ2v) is 8.97. The summed E-state index contributed by atoms with van der Waals surface area (Å²) in [5, 5.41) is 6.76. The second kappa shape index (κ2) is 6.80. The summed E-state index contributed by atoms with van der Waals surface area (Å²) in [5.41, 5.74) is 2.93. The fourth-order valence-corrected chi connectivity index (χ4v) is 5.95. The lowest BCUT2D eigenvalue weighted by Crippen LogP contribution is -2.37. The van der Waals surface area contributed by atoms with Gasteiger partial charge in [-0.1, -0.05) is 30.3 Å². The van der Waals surface area contributed by atoms with Crippen LogP contribution in [0.15, 0.2) is 30.3 Å². The van der Waals surface area contributed by atoms with Crippen LogP contribution in [0.4, 0.5) is 5.82 Å². The van der Waals surface area contributed by atoms with Gasteiger partial charge in [-0.25, -0.2) is 9.97 Å². The monoisotopic (exact) mass is 389 g/mol. The first kappa shape index (κ1) is 17.4. The summed E-state index contributed by atoms with van der Waals surface area (Å²) >= 11 is 0. The molecule has 3 saturated heterocycles. The summed E-state index contributed by atoms with van der Waals surface area (Å²) in [4.78, 5) is 24.7. The lowest BCUT2D eigenvalue weighted by Gasteiger charge is -2.26. The van der Waals surface area contributed by atoms with Crippen molar-refractivity contribution < 1.29 is 4.79 Å². The van der Waals surface area contributed by atoms with E-state index in [9.17, 15) is 4.79 Å². The van der Waals surface area contributed by atoms with E-state index in [0.717, 1.165) is 61.4 Å². The molecule has 0 radical (unpaired) electrons. The van der Waals surface area contributed by atoms with E-state index in [1.807, 2.05) is 6.07 Å². The highest BCUT2D eigenvalue weighted by molar-refractivity contribution is 5.96. The molecule has 0 spiro atoms. The molecular weight excluding hydrogens is 362 g/mol. The van der Waals surface area contributed by atoms with Gasteiger partial charge in [0.15, 0.2) is 0 Å². The van der Waals surface area contributed by atoms with Gasteiger partial charge in [0.2, 0.25) is 0 Å². The van der Waals surface area contributed by atoms with Gasteiger partial charge in [-0.05, 0) is 43.1 Å². The lowest BCUT2D eigenvalue weighted by molar-refractivity contribution is 0.0940. The first-order valence-electron chi connectivity index (χ1n) is 11.0. The maximum atomic E-state index is 12.6. The zero-order valence-electron chi connectivity index (χ0n) is 16.6. The Labute approximate surface area is 171 Å². The summed E-state index contributed by atoms with van der Waals surface area (Å²) in [6, 6.07) is 11.8. The molecule has 3 fully saturated rings. The van der Waals surface area contributed by atoms with Crippen molar-refractivity contribution in [1.82, 2.24) is 20.6 Å². The molecule has 1 amide bonds. The third kappa shape index (κ3) is 2.92. The predicted octanol–water partition coefficient (Wildman–Crippen LogP) is 1.73. The van der Waals surface area contributed by atoms with Gasteiger partial charge in [-0.3, -0.25) is 4.79 Å². The summed E-state index contributed by atoms with van der Waals surface area (Å²) in [7, 11) is 0. The molecule has 150 valence electrons. The van der Waals surface area contributed by atoms with Crippen LogP contribution in [-0.4, -0.2) is 47.6 Å². The molecule has 6 rings (SSSR count). The lowest BCUT2D eigenvalue weighted by atomic mass is 9.82. The Morgan fingerprint density at radius 3 is 2.52 bits per heavy atom. The number of nitrogens with one attached hydrogen (secondary N) is 2. The van der Waals surface area contributed by atoms with Gasteiger partial charge in [0.05, 0.1) is 0 Å². The first-order valence-corrected chi connectivity index (χ1v) is 11.0. The molecule has 5 heterocycles. The molecule has 1 aromatic heterocycles. The van der Waals surface area contributed by atoms with Crippen molar-refractivity contribution in [1.29, 1.82) is 0 Å². The van der Waals surface area contributed by atoms with E-state index < -0.39 is 0 Å². The third-order valence-corrected chi connectivity index (χ3v) is 7.35. The van der Waals surface area contributed by atoms with Crippen molar-refractivity contribution in [2.45, 2.75) is 44.2 Å². The fraction of sp³-hybridized carbons (Fsp3) is 0.522. The third-order valence-electron chi connectivity index (χ3n) is 7.35. The van der Waals surface area contributed by atoms with Gasteiger partial charge in [0, 0.05) is 43.7 Å². The quantitative estimate of drug-likeness (QED) is 0.834. The standard InChI is InChI=1S/C23H27N5O/c29-23-21-15(10-11-24-23)22(27-20(26-21)9-6-14-4-2-1-3-5-14)28-12-16-17(13-28)19-8-7-18(16)25-19/h1-5,16-19,25H,6-13H2,(H,24,29)/t16-,17+,18-,19+. The van der Waals surface area contributed by atoms with Gasteiger partial charge in [-0.2, -0.15) is 0 Å². The average molecular weight is 390 g/mol. The molecule has 0 unspecified atom stereocenters. The van der Waals surface area contributed by atoms with E-state index in [-0.39, 0.29) is 5.91 Å². The Morgan fingerprint density at radius 2 is 1.76 bits per heavy atom. The number of fused-ring (bicyclic) bond motifs is 6. The van der Waals surface area contributed by atoms with Crippen molar-refractivity contribution in [3.05, 3.63) is 53.0 Å². The molecule has 2 aromatic rings. The highest BCUT2D eigenvalue weighted by atomic mass is 16.1. The summed E-state index contributed by atoms with van der Waals surface area (Å²) < 4.78 is 0. The van der Waals surface area contributed by atoms with Crippen molar-refractivity contribution in [3.8, 4) is 0 Å². The largest absolute Gasteiger partial charge is 0.356 e. The first-order chi connectivity index (χ1) is 14.3. The molecule has 6 nitrogen and oxygen atoms in total. The van der Waals surface area contributed by atoms with E-state index in [1.165, 1.54) is 18.4 Å². The Balaban J connectivity index is 1.32. The SMILES string of the molecule is O=C1NCCc2c1nc(CCc1ccccc1)nc2N1C[C@@H]2[C@H](C1)[C@@H]1CC[C@H]2N1. The topological polar surface area (TPSA) is 70.2 Å². The van der Waals surface area contributed by atoms with Gasteiger partial charge < -0.3 is 15.5 Å². The van der Waals surface area contributed by atoms with Gasteiger partial charge >= 0.3 is 0 Å². The summed E-state index contributed by atoms with van der Waals surface area (Å²) in [5.74, 6) is 3.23. The van der Waals surface area contributed by atoms with Gasteiger partial charge in [-0.15, -0.1) is 0 Å². The highest BCUT2D eigenvalue weighted by Gasteiger charge is 2.52. The number of amides is 1. The molecule has 0 saturated carbocycles. The molecule has 29 heavy (non-hydrogen) atoms. The number of aromatic nitrogens is 2. The number of carbonyl (C=O) groups excluding carboxylic acids is 1. The van der Waals surface area contributed by atoms with Gasteiger partial charge in [0.1, 0.15) is 17.3 Å². The van der Waals surface area contributed by atoms with E-state index in [0.29, 0.717) is 24.3 Å². The maximum absolute atomic E-state index is 12.6. The van der Waals surface area contributed by atoms with Crippen LogP contribution in [0.5, 0.6) is 0 Å². The number of anilines is 1. The number of benzene rings is 1. The Hall–Kier alpha value is -2.47.